The van der Waals surface area contributed by atoms with Crippen LogP contribution < -0.4 is 0 Å². The summed E-state index contributed by atoms with van der Waals surface area (Å²) in [6.45, 7) is 10.3. The zero-order valence-corrected chi connectivity index (χ0v) is 11.8. The van der Waals surface area contributed by atoms with Gasteiger partial charge in [-0.15, -0.1) is 0 Å². The smallest absolute Gasteiger partial charge is 0.138 e. The van der Waals surface area contributed by atoms with Crippen LogP contribution in [-0.2, 0) is 9.53 Å². The lowest BCUT2D eigenvalue weighted by Crippen LogP contribution is -2.31. The molecule has 1 rings (SSSR count). The Kier molecular flexibility index (Phi) is 4.93. The van der Waals surface area contributed by atoms with Crippen LogP contribution in [0.2, 0.25) is 0 Å². The molecule has 17 heavy (non-hydrogen) atoms. The third-order valence-corrected chi connectivity index (χ3v) is 2.90. The van der Waals surface area contributed by atoms with Gasteiger partial charge in [0.15, 0.2) is 0 Å². The van der Waals surface area contributed by atoms with Crippen molar-refractivity contribution in [3.8, 4) is 0 Å². The topological polar surface area (TPSA) is 26.3 Å². The van der Waals surface area contributed by atoms with Crippen molar-refractivity contribution in [2.75, 3.05) is 0 Å². The molecule has 1 fully saturated rings. The Bertz CT molecular complexity index is 285. The van der Waals surface area contributed by atoms with E-state index in [2.05, 4.69) is 26.0 Å². The summed E-state index contributed by atoms with van der Waals surface area (Å²) in [7, 11) is 0. The van der Waals surface area contributed by atoms with E-state index in [1.54, 1.807) is 0 Å². The highest BCUT2D eigenvalue weighted by atomic mass is 16.5. The molecule has 1 aliphatic rings. The molecule has 2 heteroatoms. The second kappa shape index (κ2) is 5.81. The summed E-state index contributed by atoms with van der Waals surface area (Å²) in [5, 5.41) is 0. The molecule has 0 N–H and O–H groups in total. The van der Waals surface area contributed by atoms with Gasteiger partial charge in [-0.1, -0.05) is 26.0 Å². The molecule has 1 atom stereocenters. The van der Waals surface area contributed by atoms with Crippen LogP contribution in [0.25, 0.3) is 0 Å². The normalized spacial score (nSPS) is 18.9. The Balaban J connectivity index is 2.38. The predicted molar refractivity (Wildman–Crippen MR) is 71.0 cm³/mol. The molecule has 0 spiro atoms. The van der Waals surface area contributed by atoms with Gasteiger partial charge in [0.1, 0.15) is 5.78 Å². The maximum absolute atomic E-state index is 11.8. The van der Waals surface area contributed by atoms with Gasteiger partial charge in [-0.3, -0.25) is 4.79 Å². The van der Waals surface area contributed by atoms with Crippen LogP contribution in [0.5, 0.6) is 0 Å². The van der Waals surface area contributed by atoms with Gasteiger partial charge in [0.05, 0.1) is 11.7 Å². The average molecular weight is 238 g/mol. The van der Waals surface area contributed by atoms with Crippen molar-refractivity contribution in [3.63, 3.8) is 0 Å². The highest BCUT2D eigenvalue weighted by Gasteiger charge is 2.34. The van der Waals surface area contributed by atoms with Crippen LogP contribution in [0.3, 0.4) is 0 Å². The molecule has 0 bridgehead atoms. The van der Waals surface area contributed by atoms with E-state index in [1.165, 1.54) is 0 Å². The lowest BCUT2D eigenvalue weighted by atomic mass is 9.99. The standard InChI is InChI=1S/C15H26O2/c1-11(2)6-7-12(3)17-15(4,5)10-14(16)13-8-9-13/h6-7,11-13H,8-10H2,1-5H3/b7-6+. The third-order valence-electron chi connectivity index (χ3n) is 2.90. The van der Waals surface area contributed by atoms with Crippen molar-refractivity contribution in [3.05, 3.63) is 12.2 Å². The first-order valence-corrected chi connectivity index (χ1v) is 6.69. The minimum atomic E-state index is -0.347. The second-order valence-electron chi connectivity index (χ2n) is 6.13. The number of hydrogen-bond acceptors (Lipinski definition) is 2. The zero-order valence-electron chi connectivity index (χ0n) is 11.8. The van der Waals surface area contributed by atoms with Crippen LogP contribution in [-0.4, -0.2) is 17.5 Å². The van der Waals surface area contributed by atoms with E-state index in [-0.39, 0.29) is 11.7 Å². The number of rotatable bonds is 7. The van der Waals surface area contributed by atoms with Crippen molar-refractivity contribution in [1.29, 1.82) is 0 Å². The van der Waals surface area contributed by atoms with Crippen LogP contribution >= 0.6 is 0 Å². The molecular weight excluding hydrogens is 212 g/mol. The van der Waals surface area contributed by atoms with Gasteiger partial charge in [-0.25, -0.2) is 0 Å². The van der Waals surface area contributed by atoms with Crippen LogP contribution in [0.15, 0.2) is 12.2 Å². The van der Waals surface area contributed by atoms with E-state index in [9.17, 15) is 4.79 Å². The monoisotopic (exact) mass is 238 g/mol. The predicted octanol–water partition coefficient (Wildman–Crippen LogP) is 3.75. The van der Waals surface area contributed by atoms with Crippen LogP contribution in [0.1, 0.15) is 53.9 Å². The molecule has 0 heterocycles. The number of ketones is 1. The number of carbonyl (C=O) groups excluding carboxylic acids is 1. The molecule has 0 aromatic heterocycles. The molecule has 0 aromatic rings. The molecule has 1 unspecified atom stereocenters. The summed E-state index contributed by atoms with van der Waals surface area (Å²) in [5.74, 6) is 1.24. The van der Waals surface area contributed by atoms with Gasteiger partial charge in [0.25, 0.3) is 0 Å². The number of carbonyl (C=O) groups is 1. The summed E-state index contributed by atoms with van der Waals surface area (Å²) in [6, 6.07) is 0. The summed E-state index contributed by atoms with van der Waals surface area (Å²) >= 11 is 0. The number of allylic oxidation sites excluding steroid dienone is 1. The highest BCUT2D eigenvalue weighted by molar-refractivity contribution is 5.83. The first-order chi connectivity index (χ1) is 7.80. The quantitative estimate of drug-likeness (QED) is 0.631. The van der Waals surface area contributed by atoms with E-state index < -0.39 is 0 Å². The Morgan fingerprint density at radius 1 is 1.29 bits per heavy atom. The van der Waals surface area contributed by atoms with Crippen molar-refractivity contribution in [2.24, 2.45) is 11.8 Å². The van der Waals surface area contributed by atoms with Gasteiger partial charge in [0, 0.05) is 12.3 Å². The number of ether oxygens (including phenoxy) is 1. The lowest BCUT2D eigenvalue weighted by Gasteiger charge is -2.27. The Hall–Kier alpha value is -0.630. The van der Waals surface area contributed by atoms with Gasteiger partial charge in [0.2, 0.25) is 0 Å². The maximum atomic E-state index is 11.8. The van der Waals surface area contributed by atoms with E-state index in [0.717, 1.165) is 12.8 Å². The fourth-order valence-corrected chi connectivity index (χ4v) is 1.93. The molecule has 0 aromatic carbocycles. The average Bonchev–Trinajstić information content (AvgIpc) is 2.95. The van der Waals surface area contributed by atoms with Gasteiger partial charge < -0.3 is 4.74 Å². The van der Waals surface area contributed by atoms with E-state index in [4.69, 9.17) is 4.74 Å². The van der Waals surface area contributed by atoms with Gasteiger partial charge in [-0.05, 0) is 39.5 Å². The number of Topliss-reactive ketones (excluding diaryl/α,β-unsaturated/α-hetero) is 1. The maximum Gasteiger partial charge on any atom is 0.138 e. The molecule has 0 aliphatic heterocycles. The molecule has 98 valence electrons. The van der Waals surface area contributed by atoms with Crippen molar-refractivity contribution in [1.82, 2.24) is 0 Å². The number of hydrogen-bond donors (Lipinski definition) is 0. The fraction of sp³-hybridized carbons (Fsp3) is 0.800. The minimum Gasteiger partial charge on any atom is -0.368 e. The molecule has 0 radical (unpaired) electrons. The molecule has 0 saturated heterocycles. The van der Waals surface area contributed by atoms with Crippen LogP contribution in [0.4, 0.5) is 0 Å². The summed E-state index contributed by atoms with van der Waals surface area (Å²) in [6.07, 6.45) is 6.99. The largest absolute Gasteiger partial charge is 0.368 e. The van der Waals surface area contributed by atoms with Crippen molar-refractivity contribution < 1.29 is 9.53 Å². The van der Waals surface area contributed by atoms with E-state index in [1.807, 2.05) is 20.8 Å². The zero-order chi connectivity index (χ0) is 13.1. The Morgan fingerprint density at radius 2 is 1.88 bits per heavy atom. The van der Waals surface area contributed by atoms with Crippen molar-refractivity contribution in [2.45, 2.75) is 65.6 Å². The summed E-state index contributed by atoms with van der Waals surface area (Å²) in [4.78, 5) is 11.8. The summed E-state index contributed by atoms with van der Waals surface area (Å²) in [5.41, 5.74) is -0.347. The molecule has 0 amide bonds. The third kappa shape index (κ3) is 6.02. The first kappa shape index (κ1) is 14.4. The Morgan fingerprint density at radius 3 is 2.35 bits per heavy atom. The lowest BCUT2D eigenvalue weighted by molar-refractivity contribution is -0.128. The second-order valence-corrected chi connectivity index (χ2v) is 6.13. The van der Waals surface area contributed by atoms with Gasteiger partial charge in [-0.2, -0.15) is 0 Å². The summed E-state index contributed by atoms with van der Waals surface area (Å²) < 4.78 is 5.93. The molecule has 1 aliphatic carbocycles. The van der Waals surface area contributed by atoms with Crippen LogP contribution in [0, 0.1) is 11.8 Å². The van der Waals surface area contributed by atoms with E-state index >= 15 is 0 Å². The minimum absolute atomic E-state index is 0.0689. The van der Waals surface area contributed by atoms with Gasteiger partial charge >= 0.3 is 0 Å². The molecule has 1 saturated carbocycles. The fourth-order valence-electron chi connectivity index (χ4n) is 1.93. The SMILES string of the molecule is CC(C)/C=C/C(C)OC(C)(C)CC(=O)C1CC1. The van der Waals surface area contributed by atoms with E-state index in [0.29, 0.717) is 24.0 Å². The highest BCUT2D eigenvalue weighted by Crippen LogP contribution is 2.33. The van der Waals surface area contributed by atoms with Crippen molar-refractivity contribution >= 4 is 5.78 Å². The molecular formula is C15H26O2. The Labute approximate surface area is 105 Å². The molecule has 2 nitrogen and oxygen atoms in total. The first-order valence-electron chi connectivity index (χ1n) is 6.69.